The number of hydrogen-bond acceptors (Lipinski definition) is 8. The van der Waals surface area contributed by atoms with E-state index in [9.17, 15) is 9.59 Å². The van der Waals surface area contributed by atoms with Gasteiger partial charge < -0.3 is 18.6 Å². The molecule has 2 aromatic carbocycles. The molecule has 11 heteroatoms. The number of nitrogens with zero attached hydrogens (tertiary/aromatic N) is 2. The molecule has 41 heavy (non-hydrogen) atoms. The first-order chi connectivity index (χ1) is 19.8. The summed E-state index contributed by atoms with van der Waals surface area (Å²) in [5.74, 6) is 1.44. The summed E-state index contributed by atoms with van der Waals surface area (Å²) in [6.45, 7) is 5.91. The third kappa shape index (κ3) is 5.45. The van der Waals surface area contributed by atoms with Crippen molar-refractivity contribution >= 4 is 46.6 Å². The average molecular weight is 614 g/mol. The maximum atomic E-state index is 13.9. The van der Waals surface area contributed by atoms with Crippen molar-refractivity contribution in [2.24, 2.45) is 4.99 Å². The van der Waals surface area contributed by atoms with Crippen molar-refractivity contribution in [2.45, 2.75) is 26.8 Å². The molecule has 1 aliphatic heterocycles. The predicted octanol–water partition coefficient (Wildman–Crippen LogP) is 5.77. The number of thiazole rings is 1. The Bertz CT molecular complexity index is 1850. The van der Waals surface area contributed by atoms with Gasteiger partial charge in [-0.2, -0.15) is 0 Å². The molecule has 0 amide bonds. The van der Waals surface area contributed by atoms with Crippen LogP contribution in [0, 0.1) is 0 Å². The molecule has 2 aromatic heterocycles. The van der Waals surface area contributed by atoms with Gasteiger partial charge in [0.25, 0.3) is 5.56 Å². The largest absolute Gasteiger partial charge is 0.493 e. The number of rotatable bonds is 8. The fourth-order valence-corrected chi connectivity index (χ4v) is 6.06. The Labute approximate surface area is 249 Å². The second-order valence-corrected chi connectivity index (χ2v) is 10.7. The van der Waals surface area contributed by atoms with E-state index in [0.717, 1.165) is 0 Å². The molecule has 0 spiro atoms. The van der Waals surface area contributed by atoms with Gasteiger partial charge in [-0.15, -0.1) is 0 Å². The summed E-state index contributed by atoms with van der Waals surface area (Å²) in [7, 11) is 1.55. The van der Waals surface area contributed by atoms with Crippen molar-refractivity contribution in [3.8, 4) is 22.8 Å². The van der Waals surface area contributed by atoms with Crippen molar-refractivity contribution < 1.29 is 23.4 Å². The lowest BCUT2D eigenvalue weighted by atomic mass is 9.95. The second-order valence-electron chi connectivity index (χ2n) is 8.95. The highest BCUT2D eigenvalue weighted by Gasteiger charge is 2.34. The Hall–Kier alpha value is -3.79. The van der Waals surface area contributed by atoms with E-state index in [-0.39, 0.29) is 17.7 Å². The van der Waals surface area contributed by atoms with Crippen LogP contribution in [0.25, 0.3) is 17.4 Å². The summed E-state index contributed by atoms with van der Waals surface area (Å²) in [4.78, 5) is 32.2. The lowest BCUT2D eigenvalue weighted by molar-refractivity contribution is -0.139. The number of hydrogen-bond donors (Lipinski definition) is 0. The number of halogens is 2. The van der Waals surface area contributed by atoms with Gasteiger partial charge in [0.2, 0.25) is 0 Å². The van der Waals surface area contributed by atoms with Crippen LogP contribution in [0.4, 0.5) is 0 Å². The summed E-state index contributed by atoms with van der Waals surface area (Å²) in [6.07, 6.45) is 1.64. The molecule has 0 saturated carbocycles. The van der Waals surface area contributed by atoms with Gasteiger partial charge >= 0.3 is 5.97 Å². The lowest BCUT2D eigenvalue weighted by Crippen LogP contribution is -2.39. The maximum Gasteiger partial charge on any atom is 0.338 e. The van der Waals surface area contributed by atoms with Crippen LogP contribution in [-0.2, 0) is 9.53 Å². The Kier molecular flexibility index (Phi) is 8.40. The second kappa shape index (κ2) is 12.0. The standard InChI is InChI=1S/C30H26Cl2N2O6S/c1-5-38-23-14-17(10-12-22(23)37-4)27-25(29(36)39-6-2)16(3)33-30-34(27)28(35)24(41-30)15-18-11-13-21(40-18)19-8-7-9-20(31)26(19)32/h7-15,27H,5-6H2,1-4H3/b24-15-/t27-/m1/s1. The third-order valence-corrected chi connectivity index (χ3v) is 8.24. The average Bonchev–Trinajstić information content (AvgIpc) is 3.53. The summed E-state index contributed by atoms with van der Waals surface area (Å²) in [5, 5.41) is 0.788. The Balaban J connectivity index is 1.66. The van der Waals surface area contributed by atoms with Gasteiger partial charge in [-0.05, 0) is 62.7 Å². The van der Waals surface area contributed by atoms with E-state index in [4.69, 9.17) is 41.8 Å². The van der Waals surface area contributed by atoms with E-state index in [1.54, 1.807) is 75.6 Å². The smallest absolute Gasteiger partial charge is 0.338 e. The van der Waals surface area contributed by atoms with Gasteiger partial charge in [-0.1, -0.05) is 46.7 Å². The fraction of sp³-hybridized carbons (Fsp3) is 0.233. The molecule has 0 aliphatic carbocycles. The Morgan fingerprint density at radius 1 is 1.12 bits per heavy atom. The van der Waals surface area contributed by atoms with Crippen molar-refractivity contribution in [1.82, 2.24) is 4.57 Å². The highest BCUT2D eigenvalue weighted by atomic mass is 35.5. The molecule has 3 heterocycles. The number of carbonyl (C=O) groups is 1. The van der Waals surface area contributed by atoms with E-state index in [1.807, 2.05) is 6.92 Å². The third-order valence-electron chi connectivity index (χ3n) is 6.44. The number of furan rings is 1. The topological polar surface area (TPSA) is 92.3 Å². The zero-order chi connectivity index (χ0) is 29.3. The Morgan fingerprint density at radius 3 is 2.66 bits per heavy atom. The van der Waals surface area contributed by atoms with Crippen LogP contribution < -0.4 is 24.4 Å². The van der Waals surface area contributed by atoms with Gasteiger partial charge in [0.1, 0.15) is 11.5 Å². The van der Waals surface area contributed by atoms with Gasteiger partial charge in [0.15, 0.2) is 16.3 Å². The van der Waals surface area contributed by atoms with Gasteiger partial charge in [0.05, 0.1) is 52.2 Å². The van der Waals surface area contributed by atoms with Crippen LogP contribution in [0.1, 0.15) is 38.1 Å². The summed E-state index contributed by atoms with van der Waals surface area (Å²) in [5.41, 5.74) is 1.69. The molecule has 1 atom stereocenters. The summed E-state index contributed by atoms with van der Waals surface area (Å²) >= 11 is 13.7. The quantitative estimate of drug-likeness (QED) is 0.234. The number of methoxy groups -OCH3 is 1. The molecule has 1 aliphatic rings. The molecule has 4 aromatic rings. The minimum Gasteiger partial charge on any atom is -0.493 e. The first-order valence-corrected chi connectivity index (χ1v) is 14.4. The van der Waals surface area contributed by atoms with Crippen molar-refractivity contribution in [2.75, 3.05) is 20.3 Å². The molecule has 5 rings (SSSR count). The zero-order valence-electron chi connectivity index (χ0n) is 22.7. The first-order valence-electron chi connectivity index (χ1n) is 12.8. The molecular formula is C30H26Cl2N2O6S. The minimum absolute atomic E-state index is 0.178. The Morgan fingerprint density at radius 2 is 1.93 bits per heavy atom. The molecule has 0 saturated heterocycles. The number of aromatic nitrogens is 1. The number of esters is 1. The zero-order valence-corrected chi connectivity index (χ0v) is 25.0. The molecule has 0 radical (unpaired) electrons. The van der Waals surface area contributed by atoms with Gasteiger partial charge in [-0.3, -0.25) is 9.36 Å². The number of allylic oxidation sites excluding steroid dienone is 1. The number of ether oxygens (including phenoxy) is 3. The van der Waals surface area contributed by atoms with E-state index in [2.05, 4.69) is 4.99 Å². The molecule has 0 unspecified atom stereocenters. The molecule has 8 nitrogen and oxygen atoms in total. The van der Waals surface area contributed by atoms with Crippen LogP contribution in [-0.4, -0.2) is 30.9 Å². The SMILES string of the molecule is CCOC(=O)C1=C(C)N=c2s/c(=C\c3ccc(-c4cccc(Cl)c4Cl)o3)c(=O)n2[C@@H]1c1ccc(OC)c(OCC)c1. The molecule has 0 fully saturated rings. The maximum absolute atomic E-state index is 13.9. The van der Waals surface area contributed by atoms with Crippen molar-refractivity contribution in [1.29, 1.82) is 0 Å². The monoisotopic (exact) mass is 612 g/mol. The highest BCUT2D eigenvalue weighted by Crippen LogP contribution is 2.37. The minimum atomic E-state index is -0.796. The molecule has 0 N–H and O–H groups in total. The van der Waals surface area contributed by atoms with Crippen LogP contribution >= 0.6 is 34.5 Å². The first kappa shape index (κ1) is 28.7. The van der Waals surface area contributed by atoms with Crippen molar-refractivity contribution in [3.63, 3.8) is 0 Å². The van der Waals surface area contributed by atoms with E-state index in [1.165, 1.54) is 15.9 Å². The normalized spacial score (nSPS) is 15.0. The highest BCUT2D eigenvalue weighted by molar-refractivity contribution is 7.07. The summed E-state index contributed by atoms with van der Waals surface area (Å²) < 4.78 is 24.5. The number of fused-ring (bicyclic) bond motifs is 1. The lowest BCUT2D eigenvalue weighted by Gasteiger charge is -2.25. The molecule has 0 bridgehead atoms. The van der Waals surface area contributed by atoms with Crippen LogP contribution in [0.2, 0.25) is 10.0 Å². The number of carbonyl (C=O) groups excluding carboxylic acids is 1. The van der Waals surface area contributed by atoms with Gasteiger partial charge in [-0.25, -0.2) is 9.79 Å². The van der Waals surface area contributed by atoms with E-state index >= 15 is 0 Å². The van der Waals surface area contributed by atoms with Gasteiger partial charge in [0, 0.05) is 11.6 Å². The van der Waals surface area contributed by atoms with Crippen LogP contribution in [0.15, 0.2) is 74.0 Å². The molecule has 212 valence electrons. The van der Waals surface area contributed by atoms with Crippen LogP contribution in [0.5, 0.6) is 11.5 Å². The van der Waals surface area contributed by atoms with E-state index < -0.39 is 12.0 Å². The predicted molar refractivity (Wildman–Crippen MR) is 159 cm³/mol. The van der Waals surface area contributed by atoms with Crippen molar-refractivity contribution in [3.05, 3.63) is 101 Å². The molecular weight excluding hydrogens is 587 g/mol. The fourth-order valence-electron chi connectivity index (χ4n) is 4.64. The number of benzene rings is 2. The summed E-state index contributed by atoms with van der Waals surface area (Å²) in [6, 6.07) is 13.3. The van der Waals surface area contributed by atoms with E-state index in [0.29, 0.717) is 65.8 Å². The van der Waals surface area contributed by atoms with Crippen LogP contribution in [0.3, 0.4) is 0 Å².